The van der Waals surface area contributed by atoms with Gasteiger partial charge in [-0.15, -0.1) is 5.10 Å². The van der Waals surface area contributed by atoms with Gasteiger partial charge in [0, 0.05) is 11.1 Å². The molecule has 0 saturated carbocycles. The van der Waals surface area contributed by atoms with Gasteiger partial charge < -0.3 is 9.72 Å². The molecule has 5 aromatic rings. The summed E-state index contributed by atoms with van der Waals surface area (Å²) in [5, 5.41) is 12.8. The molecular weight excluding hydrogens is 476 g/mol. The number of hydrogen-bond acceptors (Lipinski definition) is 5. The van der Waals surface area contributed by atoms with Gasteiger partial charge in [0.1, 0.15) is 40.3 Å². The van der Waals surface area contributed by atoms with Crippen LogP contribution in [0.15, 0.2) is 79.1 Å². The Bertz CT molecular complexity index is 1580. The number of fused-ring (bicyclic) bond motifs is 1. The number of nitrogens with zero attached hydrogens (tertiary/aromatic N) is 5. The molecule has 3 heterocycles. The molecule has 0 saturated heterocycles. The average Bonchev–Trinajstić information content (AvgIpc) is 3.30. The van der Waals surface area contributed by atoms with Crippen molar-refractivity contribution in [2.24, 2.45) is 0 Å². The van der Waals surface area contributed by atoms with Crippen LogP contribution in [-0.4, -0.2) is 25.3 Å². The molecule has 0 radical (unpaired) electrons. The number of nitrogens with one attached hydrogen (secondary N) is 1. The van der Waals surface area contributed by atoms with Crippen molar-refractivity contribution in [3.8, 4) is 28.4 Å². The minimum atomic E-state index is -2.53. The fourth-order valence-electron chi connectivity index (χ4n) is 3.59. The molecule has 0 aliphatic heterocycles. The number of ether oxygens (including phenoxy) is 1. The van der Waals surface area contributed by atoms with E-state index in [0.29, 0.717) is 46.0 Å². The second-order valence-corrected chi connectivity index (χ2v) is 7.84. The van der Waals surface area contributed by atoms with Crippen molar-refractivity contribution >= 4 is 11.0 Å². The van der Waals surface area contributed by atoms with Gasteiger partial charge in [-0.2, -0.15) is 18.3 Å². The molecule has 0 spiro atoms. The number of H-pyrrole nitrogens is 1. The maximum Gasteiger partial charge on any atom is 0.344 e. The van der Waals surface area contributed by atoms with E-state index in [0.717, 1.165) is 5.52 Å². The van der Waals surface area contributed by atoms with Gasteiger partial charge in [0.2, 0.25) is 12.7 Å². The van der Waals surface area contributed by atoms with Crippen LogP contribution in [-0.2, 0) is 6.54 Å². The first-order valence-corrected chi connectivity index (χ1v) is 10.7. The summed E-state index contributed by atoms with van der Waals surface area (Å²) in [4.78, 5) is 7.72. The summed E-state index contributed by atoms with van der Waals surface area (Å²) in [5.41, 5.74) is 4.38. The summed E-state index contributed by atoms with van der Waals surface area (Å²) in [7, 11) is 0. The zero-order valence-electron chi connectivity index (χ0n) is 18.7. The fraction of sp³-hybridized carbons (Fsp3) is 0.0800. The molecule has 180 valence electrons. The van der Waals surface area contributed by atoms with E-state index >= 15 is 0 Å². The van der Waals surface area contributed by atoms with E-state index in [2.05, 4.69) is 30.0 Å². The van der Waals surface area contributed by atoms with Crippen LogP contribution in [0.1, 0.15) is 11.3 Å². The Morgan fingerprint density at radius 2 is 1.81 bits per heavy atom. The van der Waals surface area contributed by atoms with Crippen molar-refractivity contribution in [3.05, 3.63) is 96.2 Å². The lowest BCUT2D eigenvalue weighted by Gasteiger charge is -2.04. The number of rotatable bonds is 6. The standard InChI is InChI=1S/C25H16F4N6O/c1-14-18(3-2-4-19(14)26)25-31-21-11-30-35(13-22(21)32-25)12-16-7-10-20(34-33-16)15-5-8-17(9-6-15)36-24(29)23(27)28/h2-11,13H,12H2,1H3/p+1. The van der Waals surface area contributed by atoms with Crippen molar-refractivity contribution in [1.29, 1.82) is 0 Å². The number of imidazole rings is 1. The maximum atomic E-state index is 13.9. The van der Waals surface area contributed by atoms with Crippen LogP contribution in [0.25, 0.3) is 33.7 Å². The van der Waals surface area contributed by atoms with Crippen LogP contribution >= 0.6 is 0 Å². The van der Waals surface area contributed by atoms with Crippen molar-refractivity contribution in [2.45, 2.75) is 13.5 Å². The van der Waals surface area contributed by atoms with E-state index in [1.54, 1.807) is 60.4 Å². The van der Waals surface area contributed by atoms with Crippen LogP contribution in [0.2, 0.25) is 0 Å². The summed E-state index contributed by atoms with van der Waals surface area (Å²) < 4.78 is 57.3. The van der Waals surface area contributed by atoms with Gasteiger partial charge >= 0.3 is 12.1 Å². The molecule has 11 heteroatoms. The summed E-state index contributed by atoms with van der Waals surface area (Å²) in [6.07, 6.45) is 0.867. The number of benzene rings is 2. The molecule has 0 amide bonds. The molecular formula is C25H17F4N6O+. The minimum Gasteiger partial charge on any atom is -0.428 e. The predicted octanol–water partition coefficient (Wildman–Crippen LogP) is 5.28. The van der Waals surface area contributed by atoms with Crippen LogP contribution < -0.4 is 9.42 Å². The molecule has 0 unspecified atom stereocenters. The molecule has 2 aromatic carbocycles. The first kappa shape index (κ1) is 23.1. The Morgan fingerprint density at radius 3 is 2.53 bits per heavy atom. The van der Waals surface area contributed by atoms with E-state index in [4.69, 9.17) is 0 Å². The molecule has 0 atom stereocenters. The Hall–Kier alpha value is -4.67. The molecule has 0 bridgehead atoms. The Morgan fingerprint density at radius 1 is 1.00 bits per heavy atom. The lowest BCUT2D eigenvalue weighted by Crippen LogP contribution is -2.38. The van der Waals surface area contributed by atoms with Crippen molar-refractivity contribution in [1.82, 2.24) is 25.3 Å². The van der Waals surface area contributed by atoms with E-state index in [1.807, 2.05) is 0 Å². The number of halogens is 4. The van der Waals surface area contributed by atoms with Gasteiger partial charge in [0.05, 0.1) is 5.69 Å². The average molecular weight is 493 g/mol. The van der Waals surface area contributed by atoms with Gasteiger partial charge in [0.25, 0.3) is 0 Å². The molecule has 0 aliphatic rings. The van der Waals surface area contributed by atoms with Gasteiger partial charge in [-0.05, 0) is 60.1 Å². The van der Waals surface area contributed by atoms with E-state index in [9.17, 15) is 17.6 Å². The Labute approximate surface area is 201 Å². The van der Waals surface area contributed by atoms with Crippen LogP contribution in [0.3, 0.4) is 0 Å². The van der Waals surface area contributed by atoms with Crippen molar-refractivity contribution in [2.75, 3.05) is 0 Å². The topological polar surface area (TPSA) is 80.5 Å². The first-order valence-electron chi connectivity index (χ1n) is 10.7. The van der Waals surface area contributed by atoms with E-state index in [1.165, 1.54) is 18.2 Å². The minimum absolute atomic E-state index is 0.0685. The fourth-order valence-corrected chi connectivity index (χ4v) is 3.59. The zero-order chi connectivity index (χ0) is 25.2. The second-order valence-electron chi connectivity index (χ2n) is 7.84. The summed E-state index contributed by atoms with van der Waals surface area (Å²) >= 11 is 0. The number of aromatic nitrogens is 6. The summed E-state index contributed by atoms with van der Waals surface area (Å²) in [6.45, 7) is 2.04. The van der Waals surface area contributed by atoms with E-state index < -0.39 is 12.1 Å². The number of hydrogen-bond donors (Lipinski definition) is 1. The van der Waals surface area contributed by atoms with Crippen LogP contribution in [0, 0.1) is 12.7 Å². The second kappa shape index (κ2) is 9.53. The van der Waals surface area contributed by atoms with Gasteiger partial charge in [-0.1, -0.05) is 16.8 Å². The third kappa shape index (κ3) is 4.76. The van der Waals surface area contributed by atoms with Gasteiger partial charge in [-0.3, -0.25) is 0 Å². The lowest BCUT2D eigenvalue weighted by molar-refractivity contribution is -0.745. The highest BCUT2D eigenvalue weighted by Crippen LogP contribution is 2.25. The number of aromatic amines is 1. The SMILES string of the molecule is Cc1c(F)cccc1-c1nc2cn[n+](Cc3ccc(-c4ccc(OC(F)=C(F)F)cc4)nn3)cc2[nH]1. The highest BCUT2D eigenvalue weighted by atomic mass is 19.3. The van der Waals surface area contributed by atoms with E-state index in [-0.39, 0.29) is 11.6 Å². The van der Waals surface area contributed by atoms with Gasteiger partial charge in [-0.25, -0.2) is 9.37 Å². The molecule has 0 fully saturated rings. The third-order valence-corrected chi connectivity index (χ3v) is 5.44. The Kier molecular flexibility index (Phi) is 6.11. The van der Waals surface area contributed by atoms with Crippen molar-refractivity contribution < 1.29 is 27.0 Å². The molecule has 0 aliphatic carbocycles. The van der Waals surface area contributed by atoms with Gasteiger partial charge in [0.15, 0.2) is 0 Å². The normalized spacial score (nSPS) is 11.0. The first-order chi connectivity index (χ1) is 17.4. The quantitative estimate of drug-likeness (QED) is 0.198. The highest BCUT2D eigenvalue weighted by molar-refractivity contribution is 5.77. The molecule has 36 heavy (non-hydrogen) atoms. The monoisotopic (exact) mass is 493 g/mol. The van der Waals surface area contributed by atoms with Crippen LogP contribution in [0.5, 0.6) is 5.75 Å². The summed E-state index contributed by atoms with van der Waals surface area (Å²) in [6, 6.07) is 12.3. The zero-order valence-corrected chi connectivity index (χ0v) is 18.7. The maximum absolute atomic E-state index is 13.9. The smallest absolute Gasteiger partial charge is 0.344 e. The molecule has 3 aromatic heterocycles. The third-order valence-electron chi connectivity index (χ3n) is 5.44. The Balaban J connectivity index is 1.31. The summed E-state index contributed by atoms with van der Waals surface area (Å²) in [5.74, 6) is 0.183. The lowest BCUT2D eigenvalue weighted by atomic mass is 10.1. The molecule has 7 nitrogen and oxygen atoms in total. The predicted molar refractivity (Wildman–Crippen MR) is 122 cm³/mol. The molecule has 5 rings (SSSR count). The highest BCUT2D eigenvalue weighted by Gasteiger charge is 2.15. The largest absolute Gasteiger partial charge is 0.428 e. The molecule has 1 N–H and O–H groups in total. The van der Waals surface area contributed by atoms with Crippen LogP contribution in [0.4, 0.5) is 17.6 Å². The van der Waals surface area contributed by atoms with Crippen molar-refractivity contribution in [3.63, 3.8) is 0 Å².